The number of hydrogen-bond donors (Lipinski definition) is 0. The van der Waals surface area contributed by atoms with E-state index in [4.69, 9.17) is 4.74 Å². The van der Waals surface area contributed by atoms with Crippen LogP contribution in [0.2, 0.25) is 0 Å². The van der Waals surface area contributed by atoms with E-state index in [0.29, 0.717) is 22.5 Å². The summed E-state index contributed by atoms with van der Waals surface area (Å²) in [6.07, 6.45) is 1.94. The molecule has 178 valence electrons. The van der Waals surface area contributed by atoms with E-state index in [2.05, 4.69) is 20.2 Å². The molecule has 12 heteroatoms. The smallest absolute Gasteiger partial charge is 0.416 e. The molecule has 0 aliphatic carbocycles. The SMILES string of the molecule is CCOc1nn(-c2ccc3nn(-c4cncnc4)cc3c2)c(=O)n1Cc1cccc(C(F)(F)F)c1. The topological polar surface area (TPSA) is 92.7 Å². The Kier molecular flexibility index (Phi) is 5.55. The van der Waals surface area contributed by atoms with Gasteiger partial charge in [-0.1, -0.05) is 12.1 Å². The summed E-state index contributed by atoms with van der Waals surface area (Å²) in [7, 11) is 0. The van der Waals surface area contributed by atoms with E-state index >= 15 is 0 Å². The summed E-state index contributed by atoms with van der Waals surface area (Å²) >= 11 is 0. The van der Waals surface area contributed by atoms with Gasteiger partial charge in [-0.05, 0) is 42.8 Å². The molecule has 3 aromatic heterocycles. The molecule has 0 aliphatic rings. The highest BCUT2D eigenvalue weighted by Crippen LogP contribution is 2.30. The molecule has 35 heavy (non-hydrogen) atoms. The Labute approximate surface area is 196 Å². The summed E-state index contributed by atoms with van der Waals surface area (Å²) in [4.78, 5) is 21.2. The summed E-state index contributed by atoms with van der Waals surface area (Å²) in [5, 5.41) is 9.51. The van der Waals surface area contributed by atoms with Crippen LogP contribution in [-0.4, -0.2) is 40.7 Å². The van der Waals surface area contributed by atoms with Crippen LogP contribution < -0.4 is 10.4 Å². The average Bonchev–Trinajstić information content (AvgIpc) is 3.41. The highest BCUT2D eigenvalue weighted by Gasteiger charge is 2.30. The van der Waals surface area contributed by atoms with Crippen LogP contribution in [0.1, 0.15) is 18.1 Å². The van der Waals surface area contributed by atoms with Crippen LogP contribution in [-0.2, 0) is 12.7 Å². The minimum atomic E-state index is -4.49. The number of rotatable bonds is 6. The highest BCUT2D eigenvalue weighted by atomic mass is 19.4. The van der Waals surface area contributed by atoms with Gasteiger partial charge in [0, 0.05) is 11.6 Å². The first-order valence-corrected chi connectivity index (χ1v) is 10.6. The molecular weight excluding hydrogens is 463 g/mol. The maximum Gasteiger partial charge on any atom is 0.416 e. The fraction of sp³-hybridized carbons (Fsp3) is 0.174. The van der Waals surface area contributed by atoms with Gasteiger partial charge in [-0.15, -0.1) is 5.10 Å². The molecule has 0 saturated carbocycles. The van der Waals surface area contributed by atoms with E-state index in [9.17, 15) is 18.0 Å². The summed E-state index contributed by atoms with van der Waals surface area (Å²) < 4.78 is 48.9. The predicted octanol–water partition coefficient (Wildman–Crippen LogP) is 3.63. The van der Waals surface area contributed by atoms with Crippen LogP contribution >= 0.6 is 0 Å². The molecule has 9 nitrogen and oxygen atoms in total. The number of alkyl halides is 3. The number of ether oxygens (including phenoxy) is 1. The van der Waals surface area contributed by atoms with E-state index in [-0.39, 0.29) is 19.2 Å². The van der Waals surface area contributed by atoms with E-state index in [1.807, 2.05) is 0 Å². The minimum absolute atomic E-state index is 0.00661. The average molecular weight is 481 g/mol. The van der Waals surface area contributed by atoms with Gasteiger partial charge in [-0.25, -0.2) is 24.0 Å². The molecule has 2 aromatic carbocycles. The zero-order valence-corrected chi connectivity index (χ0v) is 18.3. The van der Waals surface area contributed by atoms with Crippen molar-refractivity contribution in [1.29, 1.82) is 0 Å². The Morgan fingerprint density at radius 3 is 2.54 bits per heavy atom. The van der Waals surface area contributed by atoms with Gasteiger partial charge in [0.05, 0.1) is 42.3 Å². The van der Waals surface area contributed by atoms with Crippen LogP contribution in [0.25, 0.3) is 22.3 Å². The summed E-state index contributed by atoms with van der Waals surface area (Å²) in [6.45, 7) is 1.82. The lowest BCUT2D eigenvalue weighted by Crippen LogP contribution is -2.24. The molecule has 0 bridgehead atoms. The Balaban J connectivity index is 1.53. The van der Waals surface area contributed by atoms with Crippen molar-refractivity contribution in [3.63, 3.8) is 0 Å². The molecule has 0 fully saturated rings. The van der Waals surface area contributed by atoms with Crippen LogP contribution in [0.4, 0.5) is 13.2 Å². The lowest BCUT2D eigenvalue weighted by molar-refractivity contribution is -0.137. The molecule has 0 radical (unpaired) electrons. The van der Waals surface area contributed by atoms with Gasteiger partial charge in [-0.2, -0.15) is 23.0 Å². The van der Waals surface area contributed by atoms with Crippen molar-refractivity contribution in [1.82, 2.24) is 34.1 Å². The first kappa shape index (κ1) is 22.3. The number of fused-ring (bicyclic) bond motifs is 1. The van der Waals surface area contributed by atoms with Crippen molar-refractivity contribution >= 4 is 10.9 Å². The standard InChI is InChI=1S/C23H18F3N7O2/c1-2-35-21-30-33(22(34)31(21)12-15-4-3-5-17(8-15)23(24,25)26)18-6-7-20-16(9-18)13-32(29-20)19-10-27-14-28-11-19/h3-11,13-14H,2,12H2,1H3. The second-order valence-corrected chi connectivity index (χ2v) is 7.61. The van der Waals surface area contributed by atoms with Crippen molar-refractivity contribution in [2.24, 2.45) is 0 Å². The minimum Gasteiger partial charge on any atom is -0.464 e. The fourth-order valence-corrected chi connectivity index (χ4v) is 3.63. The molecular formula is C23H18F3N7O2. The van der Waals surface area contributed by atoms with Gasteiger partial charge in [0.15, 0.2) is 0 Å². The monoisotopic (exact) mass is 481 g/mol. The normalized spacial score (nSPS) is 11.8. The molecule has 0 aliphatic heterocycles. The largest absolute Gasteiger partial charge is 0.464 e. The van der Waals surface area contributed by atoms with Crippen LogP contribution in [0, 0.1) is 0 Å². The molecule has 0 spiro atoms. The van der Waals surface area contributed by atoms with Gasteiger partial charge in [0.25, 0.3) is 0 Å². The summed E-state index contributed by atoms with van der Waals surface area (Å²) in [6, 6.07) is 9.97. The van der Waals surface area contributed by atoms with E-state index < -0.39 is 17.4 Å². The predicted molar refractivity (Wildman–Crippen MR) is 120 cm³/mol. The zero-order valence-electron chi connectivity index (χ0n) is 18.3. The number of hydrogen-bond acceptors (Lipinski definition) is 6. The maximum atomic E-state index is 13.2. The molecule has 3 heterocycles. The lowest BCUT2D eigenvalue weighted by atomic mass is 10.1. The third-order valence-electron chi connectivity index (χ3n) is 5.24. The molecule has 0 atom stereocenters. The van der Waals surface area contributed by atoms with Crippen molar-refractivity contribution in [3.05, 3.63) is 89.0 Å². The Hall–Kier alpha value is -4.48. The van der Waals surface area contributed by atoms with E-state index in [0.717, 1.165) is 22.2 Å². The van der Waals surface area contributed by atoms with Crippen molar-refractivity contribution < 1.29 is 17.9 Å². The van der Waals surface area contributed by atoms with Crippen molar-refractivity contribution in [2.45, 2.75) is 19.6 Å². The number of benzene rings is 2. The Bertz CT molecular complexity index is 1560. The molecule has 5 aromatic rings. The third kappa shape index (κ3) is 4.37. The van der Waals surface area contributed by atoms with Crippen LogP contribution in [0.5, 0.6) is 6.01 Å². The number of halogens is 3. The Morgan fingerprint density at radius 2 is 1.80 bits per heavy atom. The summed E-state index contributed by atoms with van der Waals surface area (Å²) in [5.41, 5.74) is 0.763. The van der Waals surface area contributed by atoms with E-state index in [1.54, 1.807) is 48.4 Å². The second-order valence-electron chi connectivity index (χ2n) is 7.61. The molecule has 0 N–H and O–H groups in total. The molecule has 5 rings (SSSR count). The lowest BCUT2D eigenvalue weighted by Gasteiger charge is -2.09. The highest BCUT2D eigenvalue weighted by molar-refractivity contribution is 5.80. The first-order chi connectivity index (χ1) is 16.8. The molecule has 0 amide bonds. The molecule has 0 unspecified atom stereocenters. The quantitative estimate of drug-likeness (QED) is 0.368. The van der Waals surface area contributed by atoms with Gasteiger partial charge < -0.3 is 4.74 Å². The van der Waals surface area contributed by atoms with Gasteiger partial charge in [0.1, 0.15) is 12.0 Å². The third-order valence-corrected chi connectivity index (χ3v) is 5.24. The van der Waals surface area contributed by atoms with Gasteiger partial charge >= 0.3 is 17.9 Å². The molecule has 0 saturated heterocycles. The van der Waals surface area contributed by atoms with Crippen LogP contribution in [0.3, 0.4) is 0 Å². The zero-order chi connectivity index (χ0) is 24.6. The van der Waals surface area contributed by atoms with Gasteiger partial charge in [-0.3, -0.25) is 0 Å². The number of nitrogens with zero attached hydrogens (tertiary/aromatic N) is 7. The maximum absolute atomic E-state index is 13.2. The first-order valence-electron chi connectivity index (χ1n) is 10.6. The van der Waals surface area contributed by atoms with Crippen molar-refractivity contribution in [2.75, 3.05) is 6.61 Å². The fourth-order valence-electron chi connectivity index (χ4n) is 3.63. The van der Waals surface area contributed by atoms with Gasteiger partial charge in [0.2, 0.25) is 0 Å². The summed E-state index contributed by atoms with van der Waals surface area (Å²) in [5.74, 6) is 0. The number of aromatic nitrogens is 7. The van der Waals surface area contributed by atoms with Crippen LogP contribution in [0.15, 0.2) is 72.2 Å². The van der Waals surface area contributed by atoms with E-state index in [1.165, 1.54) is 23.0 Å². The second kappa shape index (κ2) is 8.70. The van der Waals surface area contributed by atoms with Crippen molar-refractivity contribution in [3.8, 4) is 17.4 Å². The Morgan fingerprint density at radius 1 is 1.00 bits per heavy atom.